The van der Waals surface area contributed by atoms with Crippen molar-refractivity contribution in [2.75, 3.05) is 14.2 Å². The molecular formula is C12H11ClN2O2. The van der Waals surface area contributed by atoms with Gasteiger partial charge in [-0.3, -0.25) is 4.98 Å². The highest BCUT2D eigenvalue weighted by molar-refractivity contribution is 6.31. The van der Waals surface area contributed by atoms with Gasteiger partial charge in [-0.25, -0.2) is 4.98 Å². The van der Waals surface area contributed by atoms with Crippen LogP contribution in [0.15, 0.2) is 30.6 Å². The molecule has 0 aliphatic heterocycles. The minimum Gasteiger partial charge on any atom is -0.493 e. The third-order valence-electron chi connectivity index (χ3n) is 2.31. The van der Waals surface area contributed by atoms with Gasteiger partial charge in [0.05, 0.1) is 14.2 Å². The fourth-order valence-corrected chi connectivity index (χ4v) is 1.71. The zero-order valence-corrected chi connectivity index (χ0v) is 10.2. The van der Waals surface area contributed by atoms with Gasteiger partial charge in [0.2, 0.25) is 0 Å². The first kappa shape index (κ1) is 11.7. The molecule has 0 atom stereocenters. The van der Waals surface area contributed by atoms with E-state index < -0.39 is 0 Å². The summed E-state index contributed by atoms with van der Waals surface area (Å²) in [4.78, 5) is 8.17. The highest BCUT2D eigenvalue weighted by atomic mass is 35.5. The van der Waals surface area contributed by atoms with E-state index in [2.05, 4.69) is 9.97 Å². The van der Waals surface area contributed by atoms with Crippen molar-refractivity contribution in [2.45, 2.75) is 0 Å². The fourth-order valence-electron chi connectivity index (χ4n) is 1.50. The normalized spacial score (nSPS) is 10.1. The highest BCUT2D eigenvalue weighted by Gasteiger charge is 2.09. The van der Waals surface area contributed by atoms with Gasteiger partial charge in [-0.2, -0.15) is 0 Å². The molecule has 0 saturated carbocycles. The van der Waals surface area contributed by atoms with Crippen molar-refractivity contribution < 1.29 is 9.47 Å². The first-order valence-electron chi connectivity index (χ1n) is 4.95. The van der Waals surface area contributed by atoms with Gasteiger partial charge in [0.1, 0.15) is 5.69 Å². The molecule has 4 nitrogen and oxygen atoms in total. The van der Waals surface area contributed by atoms with Crippen LogP contribution in [0, 0.1) is 0 Å². The Morgan fingerprint density at radius 3 is 2.35 bits per heavy atom. The predicted molar refractivity (Wildman–Crippen MR) is 65.6 cm³/mol. The molecule has 0 amide bonds. The topological polar surface area (TPSA) is 44.2 Å². The molecule has 0 bridgehead atoms. The Kier molecular flexibility index (Phi) is 3.44. The maximum Gasteiger partial charge on any atom is 0.161 e. The fraction of sp³-hybridized carbons (Fsp3) is 0.167. The molecule has 0 radical (unpaired) electrons. The van der Waals surface area contributed by atoms with E-state index in [0.717, 1.165) is 5.56 Å². The molecular weight excluding hydrogens is 240 g/mol. The van der Waals surface area contributed by atoms with Crippen LogP contribution in [0.1, 0.15) is 0 Å². The van der Waals surface area contributed by atoms with Crippen LogP contribution in [-0.4, -0.2) is 24.2 Å². The Hall–Kier alpha value is -1.81. The number of rotatable bonds is 3. The largest absolute Gasteiger partial charge is 0.493 e. The Balaban J connectivity index is 2.50. The molecule has 5 heteroatoms. The summed E-state index contributed by atoms with van der Waals surface area (Å²) >= 11 is 5.98. The molecule has 0 unspecified atom stereocenters. The molecule has 0 saturated heterocycles. The van der Waals surface area contributed by atoms with E-state index in [1.807, 2.05) is 12.1 Å². The van der Waals surface area contributed by atoms with Crippen molar-refractivity contribution in [3.8, 4) is 22.8 Å². The number of halogens is 1. The third-order valence-corrected chi connectivity index (χ3v) is 2.59. The molecule has 0 N–H and O–H groups in total. The van der Waals surface area contributed by atoms with Crippen LogP contribution in [0.3, 0.4) is 0 Å². The average molecular weight is 251 g/mol. The van der Waals surface area contributed by atoms with Crippen LogP contribution < -0.4 is 9.47 Å². The van der Waals surface area contributed by atoms with E-state index in [-0.39, 0.29) is 0 Å². The van der Waals surface area contributed by atoms with Gasteiger partial charge in [0, 0.05) is 18.0 Å². The van der Waals surface area contributed by atoms with Crippen LogP contribution in [0.4, 0.5) is 0 Å². The second-order valence-corrected chi connectivity index (χ2v) is 3.62. The summed E-state index contributed by atoms with van der Waals surface area (Å²) in [5.41, 5.74) is 1.45. The second kappa shape index (κ2) is 5.01. The van der Waals surface area contributed by atoms with Crippen molar-refractivity contribution in [1.29, 1.82) is 0 Å². The minimum atomic E-state index is 0.361. The van der Waals surface area contributed by atoms with Crippen LogP contribution in [0.2, 0.25) is 5.15 Å². The van der Waals surface area contributed by atoms with E-state index in [0.29, 0.717) is 22.3 Å². The SMILES string of the molecule is COc1ccc(-c2nccnc2Cl)cc1OC. The molecule has 2 rings (SSSR count). The molecule has 88 valence electrons. The quantitative estimate of drug-likeness (QED) is 0.840. The smallest absolute Gasteiger partial charge is 0.161 e. The summed E-state index contributed by atoms with van der Waals surface area (Å²) in [6, 6.07) is 5.48. The molecule has 17 heavy (non-hydrogen) atoms. The van der Waals surface area contributed by atoms with E-state index in [9.17, 15) is 0 Å². The minimum absolute atomic E-state index is 0.361. The van der Waals surface area contributed by atoms with Crippen molar-refractivity contribution in [3.63, 3.8) is 0 Å². The van der Waals surface area contributed by atoms with E-state index in [1.165, 1.54) is 0 Å². The number of methoxy groups -OCH3 is 2. The number of benzene rings is 1. The monoisotopic (exact) mass is 250 g/mol. The summed E-state index contributed by atoms with van der Waals surface area (Å²) in [6.45, 7) is 0. The Morgan fingerprint density at radius 2 is 1.71 bits per heavy atom. The average Bonchev–Trinajstić information content (AvgIpc) is 2.38. The van der Waals surface area contributed by atoms with E-state index in [4.69, 9.17) is 21.1 Å². The molecule has 1 aromatic carbocycles. The zero-order valence-electron chi connectivity index (χ0n) is 9.48. The number of aromatic nitrogens is 2. The van der Waals surface area contributed by atoms with Gasteiger partial charge in [0.15, 0.2) is 16.7 Å². The summed E-state index contributed by atoms with van der Waals surface area (Å²) in [6.07, 6.45) is 3.14. The third kappa shape index (κ3) is 2.31. The number of nitrogens with zero attached hydrogens (tertiary/aromatic N) is 2. The summed E-state index contributed by atoms with van der Waals surface area (Å²) in [7, 11) is 3.17. The van der Waals surface area contributed by atoms with Crippen LogP contribution in [0.5, 0.6) is 11.5 Å². The maximum atomic E-state index is 5.98. The van der Waals surface area contributed by atoms with Crippen molar-refractivity contribution >= 4 is 11.6 Å². The van der Waals surface area contributed by atoms with E-state index in [1.54, 1.807) is 32.7 Å². The first-order valence-corrected chi connectivity index (χ1v) is 5.33. The Bertz CT molecular complexity index is 532. The lowest BCUT2D eigenvalue weighted by atomic mass is 10.1. The number of ether oxygens (including phenoxy) is 2. The highest BCUT2D eigenvalue weighted by Crippen LogP contribution is 2.33. The lowest BCUT2D eigenvalue weighted by Crippen LogP contribution is -1.92. The number of hydrogen-bond donors (Lipinski definition) is 0. The summed E-state index contributed by atoms with van der Waals surface area (Å²) in [5.74, 6) is 1.29. The Labute approximate surface area is 104 Å². The van der Waals surface area contributed by atoms with Gasteiger partial charge in [0.25, 0.3) is 0 Å². The molecule has 0 aliphatic carbocycles. The van der Waals surface area contributed by atoms with E-state index >= 15 is 0 Å². The van der Waals surface area contributed by atoms with Crippen LogP contribution in [0.25, 0.3) is 11.3 Å². The molecule has 1 aromatic heterocycles. The molecule has 1 heterocycles. The number of hydrogen-bond acceptors (Lipinski definition) is 4. The van der Waals surface area contributed by atoms with Crippen molar-refractivity contribution in [3.05, 3.63) is 35.7 Å². The van der Waals surface area contributed by atoms with Gasteiger partial charge < -0.3 is 9.47 Å². The van der Waals surface area contributed by atoms with Gasteiger partial charge in [-0.1, -0.05) is 11.6 Å². The standard InChI is InChI=1S/C12H11ClN2O2/c1-16-9-4-3-8(7-10(9)17-2)11-12(13)15-6-5-14-11/h3-7H,1-2H3. The molecule has 0 aliphatic rings. The zero-order chi connectivity index (χ0) is 12.3. The van der Waals surface area contributed by atoms with Crippen LogP contribution in [-0.2, 0) is 0 Å². The molecule has 2 aromatic rings. The Morgan fingerprint density at radius 1 is 1.00 bits per heavy atom. The predicted octanol–water partition coefficient (Wildman–Crippen LogP) is 2.81. The van der Waals surface area contributed by atoms with Crippen molar-refractivity contribution in [1.82, 2.24) is 9.97 Å². The van der Waals surface area contributed by atoms with Crippen molar-refractivity contribution in [2.24, 2.45) is 0 Å². The maximum absolute atomic E-state index is 5.98. The van der Waals surface area contributed by atoms with Crippen LogP contribution >= 0.6 is 11.6 Å². The second-order valence-electron chi connectivity index (χ2n) is 3.27. The lowest BCUT2D eigenvalue weighted by molar-refractivity contribution is 0.355. The molecule has 0 fully saturated rings. The summed E-state index contributed by atoms with van der Waals surface area (Å²) in [5, 5.41) is 0.361. The van der Waals surface area contributed by atoms with Gasteiger partial charge in [-0.15, -0.1) is 0 Å². The molecule has 0 spiro atoms. The van der Waals surface area contributed by atoms with Gasteiger partial charge in [-0.05, 0) is 18.2 Å². The summed E-state index contributed by atoms with van der Waals surface area (Å²) < 4.78 is 10.4. The lowest BCUT2D eigenvalue weighted by Gasteiger charge is -2.09. The van der Waals surface area contributed by atoms with Gasteiger partial charge >= 0.3 is 0 Å². The first-order chi connectivity index (χ1) is 8.26.